The van der Waals surface area contributed by atoms with Gasteiger partial charge >= 0.3 is 0 Å². The molecule has 0 saturated carbocycles. The second-order valence-electron chi connectivity index (χ2n) is 4.10. The Balaban J connectivity index is 2.14. The molecule has 1 N–H and O–H groups in total. The van der Waals surface area contributed by atoms with E-state index in [1.807, 2.05) is 31.2 Å². The molecule has 2 aromatic rings. The molecule has 19 heavy (non-hydrogen) atoms. The Morgan fingerprint density at radius 2 is 2.00 bits per heavy atom. The van der Waals surface area contributed by atoms with E-state index >= 15 is 0 Å². The summed E-state index contributed by atoms with van der Waals surface area (Å²) in [6, 6.07) is 10.8. The van der Waals surface area contributed by atoms with Gasteiger partial charge in [0, 0.05) is 11.9 Å². The highest BCUT2D eigenvalue weighted by molar-refractivity contribution is 7.84. The molecule has 0 aliphatic heterocycles. The van der Waals surface area contributed by atoms with E-state index < -0.39 is 10.8 Å². The number of amides is 1. The minimum absolute atomic E-state index is 0.235. The zero-order valence-corrected chi connectivity index (χ0v) is 11.6. The molecule has 0 aliphatic carbocycles. The van der Waals surface area contributed by atoms with E-state index in [1.165, 1.54) is 7.05 Å². The lowest BCUT2D eigenvalue weighted by atomic mass is 10.2. The number of hydrogen-bond acceptors (Lipinski definition) is 3. The quantitative estimate of drug-likeness (QED) is 0.932. The summed E-state index contributed by atoms with van der Waals surface area (Å²) in [6.07, 6.45) is 0. The third-order valence-corrected chi connectivity index (χ3v) is 4.22. The van der Waals surface area contributed by atoms with Crippen molar-refractivity contribution in [3.05, 3.63) is 53.5 Å². The van der Waals surface area contributed by atoms with E-state index in [0.29, 0.717) is 5.76 Å². The molecule has 100 valence electrons. The summed E-state index contributed by atoms with van der Waals surface area (Å²) in [7, 11) is 0.364. The molecule has 0 saturated heterocycles. The van der Waals surface area contributed by atoms with E-state index in [1.54, 1.807) is 12.1 Å². The number of aryl methyl sites for hydroxylation is 1. The predicted molar refractivity (Wildman–Crippen MR) is 73.4 cm³/mol. The van der Waals surface area contributed by atoms with Crippen LogP contribution in [0.15, 0.2) is 45.7 Å². The van der Waals surface area contributed by atoms with Crippen LogP contribution >= 0.6 is 0 Å². The second kappa shape index (κ2) is 5.84. The largest absolute Gasteiger partial charge is 0.455 e. The minimum atomic E-state index is -1.17. The molecule has 1 unspecified atom stereocenters. The summed E-state index contributed by atoms with van der Waals surface area (Å²) in [6.45, 7) is 1.92. The van der Waals surface area contributed by atoms with E-state index in [4.69, 9.17) is 4.42 Å². The van der Waals surface area contributed by atoms with Gasteiger partial charge in [-0.2, -0.15) is 0 Å². The Labute approximate surface area is 114 Å². The van der Waals surface area contributed by atoms with Crippen molar-refractivity contribution in [2.75, 3.05) is 7.05 Å². The van der Waals surface area contributed by atoms with Crippen molar-refractivity contribution >= 4 is 16.7 Å². The van der Waals surface area contributed by atoms with Gasteiger partial charge in [0.2, 0.25) is 0 Å². The summed E-state index contributed by atoms with van der Waals surface area (Å²) < 4.78 is 17.6. The van der Waals surface area contributed by atoms with Crippen LogP contribution in [0.3, 0.4) is 0 Å². The molecule has 0 radical (unpaired) electrons. The normalized spacial score (nSPS) is 12.1. The summed E-state index contributed by atoms with van der Waals surface area (Å²) in [5, 5.41) is 2.48. The van der Waals surface area contributed by atoms with E-state index in [-0.39, 0.29) is 17.4 Å². The fraction of sp³-hybridized carbons (Fsp3) is 0.214. The number of hydrogen-bond donors (Lipinski definition) is 1. The molecule has 0 bridgehead atoms. The number of nitrogens with one attached hydrogen (secondary N) is 1. The molecular formula is C14H15NO3S. The molecule has 1 aromatic heterocycles. The van der Waals surface area contributed by atoms with Crippen LogP contribution in [0.1, 0.15) is 21.9 Å². The predicted octanol–water partition coefficient (Wildman–Crippen LogP) is 2.26. The molecule has 1 amide bonds. The zero-order chi connectivity index (χ0) is 13.8. The summed E-state index contributed by atoms with van der Waals surface area (Å²) >= 11 is 0. The van der Waals surface area contributed by atoms with Crippen LogP contribution in [0.5, 0.6) is 0 Å². The van der Waals surface area contributed by atoms with Crippen LogP contribution in [0.2, 0.25) is 0 Å². The van der Waals surface area contributed by atoms with E-state index in [2.05, 4.69) is 5.32 Å². The van der Waals surface area contributed by atoms with Crippen LogP contribution in [0.4, 0.5) is 0 Å². The smallest absolute Gasteiger partial charge is 0.286 e. The molecule has 0 spiro atoms. The highest BCUT2D eigenvalue weighted by atomic mass is 32.2. The van der Waals surface area contributed by atoms with Gasteiger partial charge in [0.25, 0.3) is 5.91 Å². The molecule has 1 atom stereocenters. The van der Waals surface area contributed by atoms with Crippen LogP contribution in [-0.2, 0) is 16.6 Å². The lowest BCUT2D eigenvalue weighted by Gasteiger charge is -2.03. The third-order valence-electron chi connectivity index (χ3n) is 2.72. The fourth-order valence-corrected chi connectivity index (χ4v) is 2.95. The van der Waals surface area contributed by atoms with Gasteiger partial charge in [-0.25, -0.2) is 0 Å². The molecule has 5 heteroatoms. The van der Waals surface area contributed by atoms with Crippen molar-refractivity contribution in [2.45, 2.75) is 17.6 Å². The first-order valence-electron chi connectivity index (χ1n) is 5.86. The second-order valence-corrected chi connectivity index (χ2v) is 5.52. The number of furan rings is 1. The van der Waals surface area contributed by atoms with Crippen LogP contribution in [0.25, 0.3) is 0 Å². The molecule has 1 aromatic carbocycles. The van der Waals surface area contributed by atoms with Crippen molar-refractivity contribution in [2.24, 2.45) is 0 Å². The zero-order valence-electron chi connectivity index (χ0n) is 10.8. The first-order valence-corrected chi connectivity index (χ1v) is 7.18. The van der Waals surface area contributed by atoms with Gasteiger partial charge in [-0.05, 0) is 30.7 Å². The number of rotatable bonds is 4. The van der Waals surface area contributed by atoms with Gasteiger partial charge in [0.15, 0.2) is 5.76 Å². The van der Waals surface area contributed by atoms with Crippen molar-refractivity contribution in [3.63, 3.8) is 0 Å². The average molecular weight is 277 g/mol. The molecule has 1 heterocycles. The Kier molecular flexibility index (Phi) is 4.16. The highest BCUT2D eigenvalue weighted by Crippen LogP contribution is 2.17. The summed E-state index contributed by atoms with van der Waals surface area (Å²) in [5.74, 6) is 0.759. The lowest BCUT2D eigenvalue weighted by Crippen LogP contribution is -2.16. The third kappa shape index (κ3) is 3.12. The maximum Gasteiger partial charge on any atom is 0.286 e. The molecule has 0 fully saturated rings. The first kappa shape index (κ1) is 13.5. The maximum atomic E-state index is 12.2. The summed E-state index contributed by atoms with van der Waals surface area (Å²) in [4.78, 5) is 12.1. The standard InChI is InChI=1S/C14H15NO3S/c1-10-5-3-4-6-13(10)19(17)9-11-7-8-12(18-11)14(16)15-2/h3-8H,9H2,1-2H3,(H,15,16). The monoisotopic (exact) mass is 277 g/mol. The lowest BCUT2D eigenvalue weighted by molar-refractivity contribution is 0.0934. The Bertz CT molecular complexity index is 619. The van der Waals surface area contributed by atoms with Gasteiger partial charge in [-0.1, -0.05) is 18.2 Å². The SMILES string of the molecule is CNC(=O)c1ccc(CS(=O)c2ccccc2C)o1. The topological polar surface area (TPSA) is 59.3 Å². The molecule has 4 nitrogen and oxygen atoms in total. The van der Waals surface area contributed by atoms with Crippen molar-refractivity contribution < 1.29 is 13.4 Å². The van der Waals surface area contributed by atoms with Gasteiger partial charge in [0.05, 0.1) is 16.6 Å². The number of carbonyl (C=O) groups excluding carboxylic acids is 1. The molecular weight excluding hydrogens is 262 g/mol. The van der Waals surface area contributed by atoms with Gasteiger partial charge < -0.3 is 9.73 Å². The van der Waals surface area contributed by atoms with Gasteiger partial charge in [0.1, 0.15) is 5.76 Å². The van der Waals surface area contributed by atoms with Gasteiger partial charge in [-0.3, -0.25) is 9.00 Å². The van der Waals surface area contributed by atoms with E-state index in [9.17, 15) is 9.00 Å². The van der Waals surface area contributed by atoms with Crippen LogP contribution in [0, 0.1) is 6.92 Å². The van der Waals surface area contributed by atoms with Crippen molar-refractivity contribution in [1.82, 2.24) is 5.32 Å². The Morgan fingerprint density at radius 1 is 1.26 bits per heavy atom. The highest BCUT2D eigenvalue weighted by Gasteiger charge is 2.13. The number of carbonyl (C=O) groups is 1. The number of benzene rings is 1. The minimum Gasteiger partial charge on any atom is -0.455 e. The average Bonchev–Trinajstić information content (AvgIpc) is 2.86. The van der Waals surface area contributed by atoms with Crippen molar-refractivity contribution in [1.29, 1.82) is 0 Å². The molecule has 2 rings (SSSR count). The molecule has 0 aliphatic rings. The maximum absolute atomic E-state index is 12.2. The van der Waals surface area contributed by atoms with Crippen LogP contribution in [-0.4, -0.2) is 17.2 Å². The first-order chi connectivity index (χ1) is 9.11. The van der Waals surface area contributed by atoms with Gasteiger partial charge in [-0.15, -0.1) is 0 Å². The Morgan fingerprint density at radius 3 is 2.68 bits per heavy atom. The fourth-order valence-electron chi connectivity index (χ4n) is 1.72. The summed E-state index contributed by atoms with van der Waals surface area (Å²) in [5.41, 5.74) is 0.985. The Hall–Kier alpha value is -1.88. The van der Waals surface area contributed by atoms with Crippen molar-refractivity contribution in [3.8, 4) is 0 Å². The van der Waals surface area contributed by atoms with Crippen LogP contribution < -0.4 is 5.32 Å². The van der Waals surface area contributed by atoms with E-state index in [0.717, 1.165) is 10.5 Å².